The highest BCUT2D eigenvalue weighted by molar-refractivity contribution is 6.42. The number of aliphatic carboxylic acids is 1. The van der Waals surface area contributed by atoms with E-state index in [9.17, 15) is 9.59 Å². The van der Waals surface area contributed by atoms with Crippen LogP contribution in [0.2, 0.25) is 10.0 Å². The van der Waals surface area contributed by atoms with Crippen molar-refractivity contribution < 1.29 is 14.7 Å². The molecule has 1 aliphatic rings. The fourth-order valence-corrected chi connectivity index (χ4v) is 2.91. The third-order valence-electron chi connectivity index (χ3n) is 3.91. The summed E-state index contributed by atoms with van der Waals surface area (Å²) in [6, 6.07) is 4.78. The molecule has 0 bridgehead atoms. The van der Waals surface area contributed by atoms with Crippen molar-refractivity contribution in [2.24, 2.45) is 5.92 Å². The van der Waals surface area contributed by atoms with Crippen LogP contribution < -0.4 is 4.90 Å². The predicted molar refractivity (Wildman–Crippen MR) is 86.6 cm³/mol. The molecular weight excluding hydrogens is 327 g/mol. The molecule has 1 aromatic rings. The van der Waals surface area contributed by atoms with E-state index in [-0.39, 0.29) is 11.9 Å². The third kappa shape index (κ3) is 3.54. The molecule has 0 radical (unpaired) electrons. The van der Waals surface area contributed by atoms with E-state index in [0.29, 0.717) is 35.2 Å². The van der Waals surface area contributed by atoms with Gasteiger partial charge in [-0.05, 0) is 31.7 Å². The quantitative estimate of drug-likeness (QED) is 0.892. The lowest BCUT2D eigenvalue weighted by atomic mass is 10.1. The Bertz CT molecular complexity index is 594. The van der Waals surface area contributed by atoms with E-state index in [2.05, 4.69) is 0 Å². The molecule has 0 saturated carbocycles. The monoisotopic (exact) mass is 344 g/mol. The molecule has 1 aromatic carbocycles. The zero-order chi connectivity index (χ0) is 16.4. The van der Waals surface area contributed by atoms with Gasteiger partial charge in [0.25, 0.3) is 0 Å². The Labute approximate surface area is 139 Å². The summed E-state index contributed by atoms with van der Waals surface area (Å²) >= 11 is 11.9. The van der Waals surface area contributed by atoms with Crippen molar-refractivity contribution in [3.05, 3.63) is 28.2 Å². The summed E-state index contributed by atoms with van der Waals surface area (Å²) < 4.78 is 0. The van der Waals surface area contributed by atoms with Gasteiger partial charge in [-0.15, -0.1) is 0 Å². The second-order valence-corrected chi connectivity index (χ2v) is 6.39. The van der Waals surface area contributed by atoms with E-state index >= 15 is 0 Å². The number of carboxylic acid groups (broad SMARTS) is 1. The number of amides is 1. The van der Waals surface area contributed by atoms with E-state index in [0.717, 1.165) is 0 Å². The van der Waals surface area contributed by atoms with Crippen molar-refractivity contribution in [3.63, 3.8) is 0 Å². The van der Waals surface area contributed by atoms with Crippen molar-refractivity contribution in [2.75, 3.05) is 25.0 Å². The minimum Gasteiger partial charge on any atom is -0.481 e. The largest absolute Gasteiger partial charge is 0.481 e. The second-order valence-electron chi connectivity index (χ2n) is 5.57. The summed E-state index contributed by atoms with van der Waals surface area (Å²) in [5.41, 5.74) is 0.710. The molecule has 0 aromatic heterocycles. The van der Waals surface area contributed by atoms with Gasteiger partial charge in [-0.3, -0.25) is 14.5 Å². The number of hydrogen-bond acceptors (Lipinski definition) is 3. The SMILES string of the molecule is CC(CN(C)C1CCN(c2ccc(Cl)c(Cl)c2)C1=O)C(=O)O. The first kappa shape index (κ1) is 17.1. The number of carbonyl (C=O) groups excluding carboxylic acids is 1. The lowest BCUT2D eigenvalue weighted by Gasteiger charge is -2.25. The van der Waals surface area contributed by atoms with Gasteiger partial charge in [0.1, 0.15) is 0 Å². The Balaban J connectivity index is 2.09. The summed E-state index contributed by atoms with van der Waals surface area (Å²) in [6.07, 6.45) is 0.655. The molecule has 1 N–H and O–H groups in total. The van der Waals surface area contributed by atoms with Crippen molar-refractivity contribution in [1.82, 2.24) is 4.90 Å². The Morgan fingerprint density at radius 3 is 2.73 bits per heavy atom. The number of nitrogens with zero attached hydrogens (tertiary/aromatic N) is 2. The normalized spacial score (nSPS) is 19.8. The molecular formula is C15H18Cl2N2O3. The Morgan fingerprint density at radius 1 is 1.45 bits per heavy atom. The maximum absolute atomic E-state index is 12.6. The number of rotatable bonds is 5. The molecule has 0 aliphatic carbocycles. The first-order valence-electron chi connectivity index (χ1n) is 7.00. The maximum atomic E-state index is 12.6. The van der Waals surface area contributed by atoms with Crippen LogP contribution in [0, 0.1) is 5.92 Å². The van der Waals surface area contributed by atoms with E-state index in [1.165, 1.54) is 0 Å². The van der Waals surface area contributed by atoms with Crippen LogP contribution in [0.4, 0.5) is 5.69 Å². The van der Waals surface area contributed by atoms with E-state index in [4.69, 9.17) is 28.3 Å². The van der Waals surface area contributed by atoms with Crippen LogP contribution in [0.25, 0.3) is 0 Å². The lowest BCUT2D eigenvalue weighted by molar-refractivity contribution is -0.142. The molecule has 2 unspecified atom stereocenters. The maximum Gasteiger partial charge on any atom is 0.307 e. The van der Waals surface area contributed by atoms with Crippen LogP contribution in [-0.2, 0) is 9.59 Å². The van der Waals surface area contributed by atoms with Crippen LogP contribution in [0.15, 0.2) is 18.2 Å². The summed E-state index contributed by atoms with van der Waals surface area (Å²) in [6.45, 7) is 2.54. The lowest BCUT2D eigenvalue weighted by Crippen LogP contribution is -2.42. The first-order chi connectivity index (χ1) is 10.3. The third-order valence-corrected chi connectivity index (χ3v) is 4.65. The smallest absolute Gasteiger partial charge is 0.307 e. The van der Waals surface area contributed by atoms with Crippen LogP contribution >= 0.6 is 23.2 Å². The molecule has 1 aliphatic heterocycles. The number of hydrogen-bond donors (Lipinski definition) is 1. The van der Waals surface area contributed by atoms with Gasteiger partial charge in [-0.2, -0.15) is 0 Å². The summed E-state index contributed by atoms with van der Waals surface area (Å²) in [7, 11) is 1.78. The molecule has 7 heteroatoms. The number of likely N-dealkylation sites (N-methyl/N-ethyl adjacent to an activating group) is 1. The van der Waals surface area contributed by atoms with Crippen molar-refractivity contribution >= 4 is 40.8 Å². The van der Waals surface area contributed by atoms with Gasteiger partial charge in [-0.25, -0.2) is 0 Å². The van der Waals surface area contributed by atoms with Gasteiger partial charge in [0, 0.05) is 18.8 Å². The summed E-state index contributed by atoms with van der Waals surface area (Å²) in [5, 5.41) is 9.83. The van der Waals surface area contributed by atoms with Gasteiger partial charge in [0.2, 0.25) is 5.91 Å². The van der Waals surface area contributed by atoms with Gasteiger partial charge in [-0.1, -0.05) is 30.1 Å². The highest BCUT2D eigenvalue weighted by Gasteiger charge is 2.36. The number of benzene rings is 1. The highest BCUT2D eigenvalue weighted by atomic mass is 35.5. The summed E-state index contributed by atoms with van der Waals surface area (Å²) in [5.74, 6) is -1.42. The number of carboxylic acids is 1. The topological polar surface area (TPSA) is 60.9 Å². The zero-order valence-electron chi connectivity index (χ0n) is 12.4. The molecule has 2 atom stereocenters. The first-order valence-corrected chi connectivity index (χ1v) is 7.76. The second kappa shape index (κ2) is 6.86. The fourth-order valence-electron chi connectivity index (χ4n) is 2.62. The molecule has 5 nitrogen and oxygen atoms in total. The minimum absolute atomic E-state index is 0.0431. The van der Waals surface area contributed by atoms with E-state index in [1.807, 2.05) is 0 Å². The van der Waals surface area contributed by atoms with Gasteiger partial charge in [0.05, 0.1) is 22.0 Å². The van der Waals surface area contributed by atoms with Gasteiger partial charge >= 0.3 is 5.97 Å². The van der Waals surface area contributed by atoms with Crippen molar-refractivity contribution in [1.29, 1.82) is 0 Å². The molecule has 0 spiro atoms. The van der Waals surface area contributed by atoms with Gasteiger partial charge in [0.15, 0.2) is 0 Å². The van der Waals surface area contributed by atoms with Gasteiger partial charge < -0.3 is 10.0 Å². The number of anilines is 1. The van der Waals surface area contributed by atoms with Crippen molar-refractivity contribution in [3.8, 4) is 0 Å². The van der Waals surface area contributed by atoms with E-state index in [1.54, 1.807) is 42.0 Å². The average Bonchev–Trinajstić information content (AvgIpc) is 2.83. The molecule has 1 amide bonds. The molecule has 120 valence electrons. The Hall–Kier alpha value is -1.30. The highest BCUT2D eigenvalue weighted by Crippen LogP contribution is 2.30. The van der Waals surface area contributed by atoms with Crippen LogP contribution in [0.3, 0.4) is 0 Å². The fraction of sp³-hybridized carbons (Fsp3) is 0.467. The standard InChI is InChI=1S/C15H18Cl2N2O3/c1-9(15(21)22)8-18(2)13-5-6-19(14(13)20)10-3-4-11(16)12(17)7-10/h3-4,7,9,13H,5-6,8H2,1-2H3,(H,21,22). The van der Waals surface area contributed by atoms with E-state index < -0.39 is 11.9 Å². The summed E-state index contributed by atoms with van der Waals surface area (Å²) in [4.78, 5) is 27.0. The van der Waals surface area contributed by atoms with Crippen LogP contribution in [-0.4, -0.2) is 48.1 Å². The molecule has 1 fully saturated rings. The minimum atomic E-state index is -0.862. The number of halogens is 2. The number of carbonyl (C=O) groups is 2. The Morgan fingerprint density at radius 2 is 2.14 bits per heavy atom. The molecule has 2 rings (SSSR count). The molecule has 1 heterocycles. The molecule has 22 heavy (non-hydrogen) atoms. The predicted octanol–water partition coefficient (Wildman–Crippen LogP) is 2.75. The van der Waals surface area contributed by atoms with Crippen molar-refractivity contribution in [2.45, 2.75) is 19.4 Å². The average molecular weight is 345 g/mol. The molecule has 1 saturated heterocycles. The zero-order valence-corrected chi connectivity index (χ0v) is 13.9. The van der Waals surface area contributed by atoms with Crippen LogP contribution in [0.5, 0.6) is 0 Å². The Kier molecular flexibility index (Phi) is 5.32. The van der Waals surface area contributed by atoms with Crippen LogP contribution in [0.1, 0.15) is 13.3 Å².